The lowest BCUT2D eigenvalue weighted by atomic mass is 10.0. The minimum absolute atomic E-state index is 0.184. The van der Waals surface area contributed by atoms with Crippen LogP contribution in [0.25, 0.3) is 0 Å². The molecule has 1 atom stereocenters. The summed E-state index contributed by atoms with van der Waals surface area (Å²) in [7, 11) is 0. The molecule has 90 valence electrons. The minimum atomic E-state index is -0.396. The topological polar surface area (TPSA) is 56.7 Å². The molecule has 2 N–H and O–H groups in total. The number of imidazole rings is 1. The molecule has 0 aliphatic heterocycles. The molecule has 2 aromatic rings. The summed E-state index contributed by atoms with van der Waals surface area (Å²) in [6.07, 6.45) is 7.30. The van der Waals surface area contributed by atoms with E-state index in [0.717, 1.165) is 11.3 Å². The molecular formula is C13H18N4. The van der Waals surface area contributed by atoms with E-state index in [-0.39, 0.29) is 6.04 Å². The lowest BCUT2D eigenvalue weighted by molar-refractivity contribution is 0.477. The van der Waals surface area contributed by atoms with E-state index in [0.29, 0.717) is 0 Å². The van der Waals surface area contributed by atoms with Crippen LogP contribution in [-0.2, 0) is 5.54 Å². The highest BCUT2D eigenvalue weighted by Crippen LogP contribution is 2.24. The van der Waals surface area contributed by atoms with Crippen molar-refractivity contribution in [3.63, 3.8) is 0 Å². The van der Waals surface area contributed by atoms with Gasteiger partial charge in [0.25, 0.3) is 0 Å². The van der Waals surface area contributed by atoms with Crippen LogP contribution in [0, 0.1) is 0 Å². The summed E-state index contributed by atoms with van der Waals surface area (Å²) in [5, 5.41) is 0. The standard InChI is InChI=1S/C13H18N4/c1-10(11-5-4-6-15-7-11)17-9-16-8-12(17)13(2,3)14/h4-10H,14H2,1-3H3. The first-order valence-corrected chi connectivity index (χ1v) is 5.71. The van der Waals surface area contributed by atoms with Crippen LogP contribution < -0.4 is 5.73 Å². The van der Waals surface area contributed by atoms with Crippen molar-refractivity contribution in [3.8, 4) is 0 Å². The highest BCUT2D eigenvalue weighted by atomic mass is 15.1. The fourth-order valence-corrected chi connectivity index (χ4v) is 1.90. The van der Waals surface area contributed by atoms with Gasteiger partial charge in [0.1, 0.15) is 0 Å². The van der Waals surface area contributed by atoms with Gasteiger partial charge < -0.3 is 10.3 Å². The van der Waals surface area contributed by atoms with Crippen LogP contribution in [0.3, 0.4) is 0 Å². The Hall–Kier alpha value is -1.68. The second-order valence-electron chi connectivity index (χ2n) is 4.87. The zero-order valence-electron chi connectivity index (χ0n) is 10.5. The molecule has 1 unspecified atom stereocenters. The number of aromatic nitrogens is 3. The van der Waals surface area contributed by atoms with Gasteiger partial charge in [-0.05, 0) is 32.4 Å². The Kier molecular flexibility index (Phi) is 2.98. The van der Waals surface area contributed by atoms with Crippen LogP contribution in [0.15, 0.2) is 37.1 Å². The van der Waals surface area contributed by atoms with Crippen LogP contribution in [-0.4, -0.2) is 14.5 Å². The number of nitrogens with two attached hydrogens (primary N) is 1. The second-order valence-corrected chi connectivity index (χ2v) is 4.87. The Morgan fingerprint density at radius 3 is 2.65 bits per heavy atom. The summed E-state index contributed by atoms with van der Waals surface area (Å²) in [6.45, 7) is 6.08. The van der Waals surface area contributed by atoms with Gasteiger partial charge in [-0.2, -0.15) is 0 Å². The Balaban J connectivity index is 2.39. The largest absolute Gasteiger partial charge is 0.326 e. The average molecular weight is 230 g/mol. The third kappa shape index (κ3) is 2.36. The van der Waals surface area contributed by atoms with Crippen LogP contribution >= 0.6 is 0 Å². The van der Waals surface area contributed by atoms with Crippen LogP contribution in [0.2, 0.25) is 0 Å². The van der Waals surface area contributed by atoms with E-state index in [1.165, 1.54) is 0 Å². The minimum Gasteiger partial charge on any atom is -0.326 e. The van der Waals surface area contributed by atoms with E-state index < -0.39 is 5.54 Å². The first-order chi connectivity index (χ1) is 8.00. The molecule has 17 heavy (non-hydrogen) atoms. The Morgan fingerprint density at radius 1 is 1.29 bits per heavy atom. The predicted molar refractivity (Wildman–Crippen MR) is 67.5 cm³/mol. The maximum Gasteiger partial charge on any atom is 0.0954 e. The van der Waals surface area contributed by atoms with Crippen molar-refractivity contribution in [1.29, 1.82) is 0 Å². The van der Waals surface area contributed by atoms with Gasteiger partial charge in [0.05, 0.1) is 29.8 Å². The molecule has 0 aromatic carbocycles. The van der Waals surface area contributed by atoms with Crippen LogP contribution in [0.1, 0.15) is 38.1 Å². The van der Waals surface area contributed by atoms with Crippen molar-refractivity contribution in [3.05, 3.63) is 48.3 Å². The van der Waals surface area contributed by atoms with Gasteiger partial charge in [-0.1, -0.05) is 6.07 Å². The molecule has 0 bridgehead atoms. The van der Waals surface area contributed by atoms with E-state index in [1.807, 2.05) is 38.6 Å². The Bertz CT molecular complexity index is 482. The lowest BCUT2D eigenvalue weighted by Crippen LogP contribution is -2.32. The summed E-state index contributed by atoms with van der Waals surface area (Å²) >= 11 is 0. The van der Waals surface area contributed by atoms with Crippen molar-refractivity contribution in [2.24, 2.45) is 5.73 Å². The molecule has 0 aliphatic carbocycles. The summed E-state index contributed by atoms with van der Waals surface area (Å²) < 4.78 is 2.09. The second kappa shape index (κ2) is 4.30. The van der Waals surface area contributed by atoms with Crippen molar-refractivity contribution in [1.82, 2.24) is 14.5 Å². The molecule has 0 saturated heterocycles. The normalized spacial score (nSPS) is 13.6. The fourth-order valence-electron chi connectivity index (χ4n) is 1.90. The molecule has 0 amide bonds. The number of rotatable bonds is 3. The summed E-state index contributed by atoms with van der Waals surface area (Å²) in [5.74, 6) is 0. The third-order valence-electron chi connectivity index (χ3n) is 2.91. The summed E-state index contributed by atoms with van der Waals surface area (Å²) in [5.41, 5.74) is 7.92. The van der Waals surface area contributed by atoms with Gasteiger partial charge in [0.15, 0.2) is 0 Å². The van der Waals surface area contributed by atoms with Crippen LogP contribution in [0.5, 0.6) is 0 Å². The molecule has 0 spiro atoms. The van der Waals surface area contributed by atoms with E-state index in [9.17, 15) is 0 Å². The van der Waals surface area contributed by atoms with E-state index >= 15 is 0 Å². The number of nitrogens with zero attached hydrogens (tertiary/aromatic N) is 3. The Morgan fingerprint density at radius 2 is 2.06 bits per heavy atom. The molecule has 2 heterocycles. The highest BCUT2D eigenvalue weighted by molar-refractivity contribution is 5.19. The first kappa shape index (κ1) is 11.8. The summed E-state index contributed by atoms with van der Waals surface area (Å²) in [4.78, 5) is 8.34. The number of hydrogen-bond donors (Lipinski definition) is 1. The molecule has 0 fully saturated rings. The SMILES string of the molecule is CC(c1cccnc1)n1cncc1C(C)(C)N. The van der Waals surface area contributed by atoms with Gasteiger partial charge in [-0.25, -0.2) is 4.98 Å². The van der Waals surface area contributed by atoms with Crippen molar-refractivity contribution >= 4 is 0 Å². The molecule has 2 aromatic heterocycles. The molecule has 0 radical (unpaired) electrons. The van der Waals surface area contributed by atoms with E-state index in [4.69, 9.17) is 5.73 Å². The fraction of sp³-hybridized carbons (Fsp3) is 0.385. The maximum atomic E-state index is 6.14. The molecular weight excluding hydrogens is 212 g/mol. The van der Waals surface area contributed by atoms with Gasteiger partial charge >= 0.3 is 0 Å². The van der Waals surface area contributed by atoms with Crippen molar-refractivity contribution in [2.75, 3.05) is 0 Å². The molecule has 0 aliphatic rings. The number of hydrogen-bond acceptors (Lipinski definition) is 3. The van der Waals surface area contributed by atoms with Gasteiger partial charge in [-0.15, -0.1) is 0 Å². The smallest absolute Gasteiger partial charge is 0.0954 e. The van der Waals surface area contributed by atoms with Crippen LogP contribution in [0.4, 0.5) is 0 Å². The first-order valence-electron chi connectivity index (χ1n) is 5.71. The third-order valence-corrected chi connectivity index (χ3v) is 2.91. The molecule has 4 heteroatoms. The molecule has 4 nitrogen and oxygen atoms in total. The molecule has 2 rings (SSSR count). The van der Waals surface area contributed by atoms with E-state index in [2.05, 4.69) is 27.5 Å². The zero-order valence-corrected chi connectivity index (χ0v) is 10.5. The quantitative estimate of drug-likeness (QED) is 0.878. The summed E-state index contributed by atoms with van der Waals surface area (Å²) in [6, 6.07) is 4.19. The zero-order chi connectivity index (χ0) is 12.5. The van der Waals surface area contributed by atoms with Gasteiger partial charge in [-0.3, -0.25) is 4.98 Å². The number of pyridine rings is 1. The predicted octanol–water partition coefficient (Wildman–Crippen LogP) is 2.08. The van der Waals surface area contributed by atoms with Crippen molar-refractivity contribution < 1.29 is 0 Å². The monoisotopic (exact) mass is 230 g/mol. The van der Waals surface area contributed by atoms with Gasteiger partial charge in [0.2, 0.25) is 0 Å². The molecule has 0 saturated carbocycles. The highest BCUT2D eigenvalue weighted by Gasteiger charge is 2.21. The Labute approximate surface area is 102 Å². The van der Waals surface area contributed by atoms with Crippen molar-refractivity contribution in [2.45, 2.75) is 32.4 Å². The van der Waals surface area contributed by atoms with E-state index in [1.54, 1.807) is 6.20 Å². The van der Waals surface area contributed by atoms with Gasteiger partial charge in [0, 0.05) is 12.4 Å². The average Bonchev–Trinajstić information content (AvgIpc) is 2.78. The maximum absolute atomic E-state index is 6.14. The lowest BCUT2D eigenvalue weighted by Gasteiger charge is -2.24.